The van der Waals surface area contributed by atoms with Crippen LogP contribution >= 0.6 is 0 Å². The van der Waals surface area contributed by atoms with Gasteiger partial charge in [0.15, 0.2) is 12.0 Å². The second kappa shape index (κ2) is 5.53. The van der Waals surface area contributed by atoms with E-state index >= 15 is 0 Å². The van der Waals surface area contributed by atoms with Crippen LogP contribution in [0.1, 0.15) is 26.6 Å². The van der Waals surface area contributed by atoms with Crippen molar-refractivity contribution in [1.82, 2.24) is 4.57 Å². The van der Waals surface area contributed by atoms with Gasteiger partial charge in [0.2, 0.25) is 0 Å². The molecule has 0 radical (unpaired) electrons. The summed E-state index contributed by atoms with van der Waals surface area (Å²) in [6, 6.07) is 1.58. The highest BCUT2D eigenvalue weighted by molar-refractivity contribution is 5.45. The van der Waals surface area contributed by atoms with Crippen molar-refractivity contribution in [2.75, 3.05) is 19.0 Å². The number of hydrogen-bond donors (Lipinski definition) is 1. The SMILES string of the molecule is CCCOc1cc(NC)cn(C(C)F)c1=O. The summed E-state index contributed by atoms with van der Waals surface area (Å²) in [5, 5.41) is 2.86. The molecule has 1 aromatic rings. The molecule has 1 unspecified atom stereocenters. The van der Waals surface area contributed by atoms with Crippen molar-refractivity contribution < 1.29 is 9.13 Å². The molecule has 1 rings (SSSR count). The van der Waals surface area contributed by atoms with E-state index in [1.54, 1.807) is 13.1 Å². The maximum absolute atomic E-state index is 13.2. The van der Waals surface area contributed by atoms with Gasteiger partial charge in [0.25, 0.3) is 5.56 Å². The van der Waals surface area contributed by atoms with Gasteiger partial charge in [-0.2, -0.15) is 0 Å². The number of nitrogens with one attached hydrogen (secondary N) is 1. The Hall–Kier alpha value is -1.52. The second-order valence-electron chi connectivity index (χ2n) is 3.48. The lowest BCUT2D eigenvalue weighted by atomic mass is 10.3. The smallest absolute Gasteiger partial charge is 0.295 e. The maximum atomic E-state index is 13.2. The van der Waals surface area contributed by atoms with Gasteiger partial charge in [-0.05, 0) is 13.3 Å². The molecule has 1 N–H and O–H groups in total. The Morgan fingerprint density at radius 3 is 2.81 bits per heavy atom. The molecule has 0 aromatic carbocycles. The Morgan fingerprint density at radius 1 is 1.62 bits per heavy atom. The molecule has 0 aliphatic heterocycles. The van der Waals surface area contributed by atoms with Crippen molar-refractivity contribution in [3.63, 3.8) is 0 Å². The molecule has 0 saturated heterocycles. The van der Waals surface area contributed by atoms with Crippen LogP contribution in [0.4, 0.5) is 10.1 Å². The number of pyridine rings is 1. The van der Waals surface area contributed by atoms with Crippen molar-refractivity contribution in [3.05, 3.63) is 22.6 Å². The van der Waals surface area contributed by atoms with Crippen LogP contribution in [0.15, 0.2) is 17.1 Å². The maximum Gasteiger partial charge on any atom is 0.295 e. The van der Waals surface area contributed by atoms with Crippen molar-refractivity contribution in [2.45, 2.75) is 26.6 Å². The standard InChI is InChI=1S/C11H17FN2O2/c1-4-5-16-10-6-9(13-3)7-14(8(2)12)11(10)15/h6-8,13H,4-5H2,1-3H3. The van der Waals surface area contributed by atoms with Gasteiger partial charge in [0.1, 0.15) is 0 Å². The van der Waals surface area contributed by atoms with Crippen LogP contribution in [0.25, 0.3) is 0 Å². The number of ether oxygens (including phenoxy) is 1. The first kappa shape index (κ1) is 12.5. The predicted molar refractivity (Wildman–Crippen MR) is 61.9 cm³/mol. The van der Waals surface area contributed by atoms with Crippen LogP contribution in [0.2, 0.25) is 0 Å². The minimum Gasteiger partial charge on any atom is -0.488 e. The van der Waals surface area contributed by atoms with Crippen LogP contribution in [0.5, 0.6) is 5.75 Å². The fraction of sp³-hybridized carbons (Fsp3) is 0.545. The zero-order valence-electron chi connectivity index (χ0n) is 9.79. The largest absolute Gasteiger partial charge is 0.488 e. The number of anilines is 1. The van der Waals surface area contributed by atoms with Gasteiger partial charge in [0.05, 0.1) is 12.3 Å². The van der Waals surface area contributed by atoms with E-state index in [1.165, 1.54) is 13.1 Å². The molecule has 0 aliphatic carbocycles. The van der Waals surface area contributed by atoms with E-state index in [1.807, 2.05) is 6.92 Å². The average molecular weight is 228 g/mol. The molecule has 0 saturated carbocycles. The summed E-state index contributed by atoms with van der Waals surface area (Å²) in [5.41, 5.74) is 0.206. The minimum absolute atomic E-state index is 0.179. The Balaban J connectivity index is 3.15. The van der Waals surface area contributed by atoms with E-state index in [2.05, 4.69) is 5.32 Å². The first-order valence-electron chi connectivity index (χ1n) is 5.31. The summed E-state index contributed by atoms with van der Waals surface area (Å²) in [6.07, 6.45) is 0.866. The fourth-order valence-corrected chi connectivity index (χ4v) is 1.29. The van der Waals surface area contributed by atoms with E-state index in [-0.39, 0.29) is 5.75 Å². The van der Waals surface area contributed by atoms with E-state index in [9.17, 15) is 9.18 Å². The van der Waals surface area contributed by atoms with Crippen LogP contribution < -0.4 is 15.6 Å². The topological polar surface area (TPSA) is 43.3 Å². The third kappa shape index (κ3) is 2.74. The van der Waals surface area contributed by atoms with Gasteiger partial charge in [-0.1, -0.05) is 6.92 Å². The van der Waals surface area contributed by atoms with Crippen LogP contribution in [-0.2, 0) is 0 Å². The number of nitrogens with zero attached hydrogens (tertiary/aromatic N) is 1. The van der Waals surface area contributed by atoms with E-state index in [0.717, 1.165) is 11.0 Å². The first-order valence-corrected chi connectivity index (χ1v) is 5.31. The molecular weight excluding hydrogens is 211 g/mol. The molecule has 0 amide bonds. The molecule has 1 heterocycles. The normalized spacial score (nSPS) is 12.2. The molecule has 4 nitrogen and oxygen atoms in total. The van der Waals surface area contributed by atoms with Crippen molar-refractivity contribution in [3.8, 4) is 5.75 Å². The molecule has 90 valence electrons. The number of halogens is 1. The minimum atomic E-state index is -1.37. The van der Waals surface area contributed by atoms with E-state index in [0.29, 0.717) is 12.3 Å². The zero-order valence-corrected chi connectivity index (χ0v) is 9.79. The van der Waals surface area contributed by atoms with Gasteiger partial charge >= 0.3 is 0 Å². The Kier molecular flexibility index (Phi) is 4.34. The quantitative estimate of drug-likeness (QED) is 0.839. The third-order valence-corrected chi connectivity index (χ3v) is 2.14. The van der Waals surface area contributed by atoms with Gasteiger partial charge < -0.3 is 10.1 Å². The van der Waals surface area contributed by atoms with Crippen LogP contribution in [0, 0.1) is 0 Å². The summed E-state index contributed by atoms with van der Waals surface area (Å²) in [4.78, 5) is 11.8. The summed E-state index contributed by atoms with van der Waals surface area (Å²) < 4.78 is 19.5. The molecule has 1 atom stereocenters. The molecule has 16 heavy (non-hydrogen) atoms. The lowest BCUT2D eigenvalue weighted by molar-refractivity contribution is 0.251. The number of aromatic nitrogens is 1. The van der Waals surface area contributed by atoms with Gasteiger partial charge in [-0.3, -0.25) is 9.36 Å². The van der Waals surface area contributed by atoms with Crippen molar-refractivity contribution in [2.24, 2.45) is 0 Å². The Morgan fingerprint density at radius 2 is 2.31 bits per heavy atom. The highest BCUT2D eigenvalue weighted by Crippen LogP contribution is 2.15. The fourth-order valence-electron chi connectivity index (χ4n) is 1.29. The second-order valence-corrected chi connectivity index (χ2v) is 3.48. The Bertz CT molecular complexity index is 401. The summed E-state index contributed by atoms with van der Waals surface area (Å²) >= 11 is 0. The summed E-state index contributed by atoms with van der Waals surface area (Å²) in [7, 11) is 1.71. The Labute approximate surface area is 94.0 Å². The molecular formula is C11H17FN2O2. The first-order chi connectivity index (χ1) is 7.60. The number of rotatable bonds is 5. The molecule has 5 heteroatoms. The monoisotopic (exact) mass is 228 g/mol. The third-order valence-electron chi connectivity index (χ3n) is 2.14. The molecule has 0 aliphatic rings. The highest BCUT2D eigenvalue weighted by atomic mass is 19.1. The zero-order chi connectivity index (χ0) is 12.1. The summed E-state index contributed by atoms with van der Waals surface area (Å²) in [5.74, 6) is 0.179. The van der Waals surface area contributed by atoms with E-state index < -0.39 is 11.9 Å². The molecule has 0 spiro atoms. The lowest BCUT2D eigenvalue weighted by Gasteiger charge is -2.12. The molecule has 1 aromatic heterocycles. The van der Waals surface area contributed by atoms with Crippen molar-refractivity contribution >= 4 is 5.69 Å². The van der Waals surface area contributed by atoms with Gasteiger partial charge in [-0.15, -0.1) is 0 Å². The molecule has 0 fully saturated rings. The number of alkyl halides is 1. The lowest BCUT2D eigenvalue weighted by Crippen LogP contribution is -2.23. The van der Waals surface area contributed by atoms with Gasteiger partial charge in [0, 0.05) is 19.3 Å². The van der Waals surface area contributed by atoms with Crippen LogP contribution in [0.3, 0.4) is 0 Å². The van der Waals surface area contributed by atoms with Crippen LogP contribution in [-0.4, -0.2) is 18.2 Å². The summed E-state index contributed by atoms with van der Waals surface area (Å²) in [6.45, 7) is 3.70. The average Bonchev–Trinajstić information content (AvgIpc) is 2.27. The predicted octanol–water partition coefficient (Wildman–Crippen LogP) is 2.17. The number of hydrogen-bond acceptors (Lipinski definition) is 3. The molecule has 0 bridgehead atoms. The van der Waals surface area contributed by atoms with E-state index in [4.69, 9.17) is 4.74 Å². The van der Waals surface area contributed by atoms with Gasteiger partial charge in [-0.25, -0.2) is 4.39 Å². The highest BCUT2D eigenvalue weighted by Gasteiger charge is 2.11. The van der Waals surface area contributed by atoms with Crippen molar-refractivity contribution in [1.29, 1.82) is 0 Å².